The molecule has 1 aromatic rings. The maximum Gasteiger partial charge on any atom is 0.303 e. The molecule has 0 fully saturated rings. The third-order valence-corrected chi connectivity index (χ3v) is 2.59. The number of hydrogen-bond donors (Lipinski definition) is 1. The molecule has 3 nitrogen and oxygen atoms in total. The summed E-state index contributed by atoms with van der Waals surface area (Å²) >= 11 is 0. The highest BCUT2D eigenvalue weighted by Gasteiger charge is 2.14. The van der Waals surface area contributed by atoms with Crippen LogP contribution in [-0.4, -0.2) is 16.9 Å². The lowest BCUT2D eigenvalue weighted by Crippen LogP contribution is -2.05. The van der Waals surface area contributed by atoms with Crippen molar-refractivity contribution >= 4 is 11.8 Å². The molecule has 18 heavy (non-hydrogen) atoms. The Labute approximate surface area is 103 Å². The van der Waals surface area contributed by atoms with Crippen molar-refractivity contribution in [1.29, 1.82) is 0 Å². The van der Waals surface area contributed by atoms with E-state index < -0.39 is 23.4 Å². The van der Waals surface area contributed by atoms with Crippen molar-refractivity contribution in [3.8, 4) is 0 Å². The molecule has 0 heterocycles. The molecule has 0 unspecified atom stereocenters. The Morgan fingerprint density at radius 2 is 1.72 bits per heavy atom. The second kappa shape index (κ2) is 6.23. The number of carboxylic acid groups (broad SMARTS) is 1. The van der Waals surface area contributed by atoms with Crippen molar-refractivity contribution in [2.75, 3.05) is 0 Å². The van der Waals surface area contributed by atoms with E-state index in [-0.39, 0.29) is 24.0 Å². The van der Waals surface area contributed by atoms with E-state index in [2.05, 4.69) is 0 Å². The van der Waals surface area contributed by atoms with Crippen LogP contribution in [0.2, 0.25) is 0 Å². The maximum absolute atomic E-state index is 13.4. The minimum absolute atomic E-state index is 0.0157. The fourth-order valence-electron chi connectivity index (χ4n) is 1.57. The number of rotatable bonds is 6. The number of aliphatic carboxylic acids is 1. The summed E-state index contributed by atoms with van der Waals surface area (Å²) in [6, 6.07) is 1.88. The molecule has 0 aliphatic carbocycles. The molecule has 98 valence electrons. The molecule has 0 radical (unpaired) electrons. The molecule has 0 spiro atoms. The van der Waals surface area contributed by atoms with E-state index in [4.69, 9.17) is 5.11 Å². The number of aryl methyl sites for hydroxylation is 1. The number of Topliss-reactive ketones (excluding diaryl/α,β-unsaturated/α-hetero) is 1. The van der Waals surface area contributed by atoms with Crippen molar-refractivity contribution in [2.24, 2.45) is 0 Å². The SMILES string of the molecule is Cc1cc(C(=O)CCCCC(=O)O)c(F)cc1F. The summed E-state index contributed by atoms with van der Waals surface area (Å²) in [5, 5.41) is 8.42. The number of carbonyl (C=O) groups excluding carboxylic acids is 1. The van der Waals surface area contributed by atoms with Gasteiger partial charge in [0.05, 0.1) is 5.56 Å². The predicted molar refractivity (Wildman–Crippen MR) is 61.5 cm³/mol. The molecule has 0 aliphatic rings. The molecule has 0 amide bonds. The highest BCUT2D eigenvalue weighted by Crippen LogP contribution is 2.17. The van der Waals surface area contributed by atoms with Crippen LogP contribution in [0.4, 0.5) is 8.78 Å². The Kier molecular flexibility index (Phi) is 4.95. The van der Waals surface area contributed by atoms with Crippen LogP contribution in [0.5, 0.6) is 0 Å². The summed E-state index contributed by atoms with van der Waals surface area (Å²) in [4.78, 5) is 21.9. The van der Waals surface area contributed by atoms with Crippen molar-refractivity contribution in [1.82, 2.24) is 0 Å². The van der Waals surface area contributed by atoms with Gasteiger partial charge in [0, 0.05) is 18.9 Å². The summed E-state index contributed by atoms with van der Waals surface area (Å²) < 4.78 is 26.4. The van der Waals surface area contributed by atoms with Gasteiger partial charge >= 0.3 is 5.97 Å². The normalized spacial score (nSPS) is 10.4. The number of hydrogen-bond acceptors (Lipinski definition) is 2. The van der Waals surface area contributed by atoms with Crippen LogP contribution < -0.4 is 0 Å². The first-order valence-electron chi connectivity index (χ1n) is 5.62. The molecule has 0 saturated carbocycles. The van der Waals surface area contributed by atoms with Crippen LogP contribution >= 0.6 is 0 Å². The lowest BCUT2D eigenvalue weighted by atomic mass is 10.0. The number of carboxylic acids is 1. The monoisotopic (exact) mass is 256 g/mol. The Morgan fingerprint density at radius 1 is 1.11 bits per heavy atom. The summed E-state index contributed by atoms with van der Waals surface area (Å²) in [7, 11) is 0. The molecular weight excluding hydrogens is 242 g/mol. The molecule has 0 saturated heterocycles. The summed E-state index contributed by atoms with van der Waals surface area (Å²) in [6.45, 7) is 1.45. The van der Waals surface area contributed by atoms with Gasteiger partial charge in [-0.1, -0.05) is 0 Å². The highest BCUT2D eigenvalue weighted by atomic mass is 19.1. The molecule has 0 bridgehead atoms. The zero-order valence-electron chi connectivity index (χ0n) is 10.0. The van der Waals surface area contributed by atoms with E-state index in [0.29, 0.717) is 18.9 Å². The smallest absolute Gasteiger partial charge is 0.303 e. The number of benzene rings is 1. The topological polar surface area (TPSA) is 54.4 Å². The zero-order valence-corrected chi connectivity index (χ0v) is 10.0. The van der Waals surface area contributed by atoms with E-state index in [9.17, 15) is 18.4 Å². The number of ketones is 1. The summed E-state index contributed by atoms with van der Waals surface area (Å²) in [6.07, 6.45) is 0.789. The number of unbranched alkanes of at least 4 members (excludes halogenated alkanes) is 1. The maximum atomic E-state index is 13.4. The van der Waals surface area contributed by atoms with Crippen LogP contribution in [0.25, 0.3) is 0 Å². The second-order valence-corrected chi connectivity index (χ2v) is 4.11. The third kappa shape index (κ3) is 3.91. The highest BCUT2D eigenvalue weighted by molar-refractivity contribution is 5.96. The first-order chi connectivity index (χ1) is 8.41. The quantitative estimate of drug-likeness (QED) is 0.628. The van der Waals surface area contributed by atoms with E-state index >= 15 is 0 Å². The van der Waals surface area contributed by atoms with Crippen LogP contribution in [-0.2, 0) is 4.79 Å². The van der Waals surface area contributed by atoms with Crippen LogP contribution in [0.1, 0.15) is 41.6 Å². The Bertz CT molecular complexity index is 470. The van der Waals surface area contributed by atoms with E-state index in [1.807, 2.05) is 0 Å². The lowest BCUT2D eigenvalue weighted by molar-refractivity contribution is -0.137. The Morgan fingerprint density at radius 3 is 2.33 bits per heavy atom. The predicted octanol–water partition coefficient (Wildman–Crippen LogP) is 3.10. The minimum atomic E-state index is -0.925. The molecule has 0 aromatic heterocycles. The molecule has 1 aromatic carbocycles. The van der Waals surface area contributed by atoms with Gasteiger partial charge in [-0.3, -0.25) is 9.59 Å². The standard InChI is InChI=1S/C13H14F2O3/c1-8-6-9(11(15)7-10(8)14)12(16)4-2-3-5-13(17)18/h6-7H,2-5H2,1H3,(H,17,18). The first-order valence-corrected chi connectivity index (χ1v) is 5.62. The third-order valence-electron chi connectivity index (χ3n) is 2.59. The van der Waals surface area contributed by atoms with Gasteiger partial charge in [0.15, 0.2) is 5.78 Å². The molecule has 0 atom stereocenters. The van der Waals surface area contributed by atoms with Crippen LogP contribution in [0, 0.1) is 18.6 Å². The van der Waals surface area contributed by atoms with Crippen molar-refractivity contribution in [3.05, 3.63) is 34.9 Å². The van der Waals surface area contributed by atoms with Crippen molar-refractivity contribution in [3.63, 3.8) is 0 Å². The molecular formula is C13H14F2O3. The largest absolute Gasteiger partial charge is 0.481 e. The number of carbonyl (C=O) groups is 2. The Hall–Kier alpha value is -1.78. The van der Waals surface area contributed by atoms with Crippen molar-refractivity contribution < 1.29 is 23.5 Å². The summed E-state index contributed by atoms with van der Waals surface area (Å²) in [5.74, 6) is -2.91. The first kappa shape index (κ1) is 14.3. The fraction of sp³-hybridized carbons (Fsp3) is 0.385. The summed E-state index contributed by atoms with van der Waals surface area (Å²) in [5.41, 5.74) is 0.0783. The van der Waals surface area contributed by atoms with Gasteiger partial charge in [0.2, 0.25) is 0 Å². The molecule has 1 rings (SSSR count). The van der Waals surface area contributed by atoms with Gasteiger partial charge < -0.3 is 5.11 Å². The van der Waals surface area contributed by atoms with Gasteiger partial charge in [-0.15, -0.1) is 0 Å². The zero-order chi connectivity index (χ0) is 13.7. The number of halogens is 2. The van der Waals surface area contributed by atoms with Gasteiger partial charge in [0.1, 0.15) is 11.6 Å². The average molecular weight is 256 g/mol. The molecule has 5 heteroatoms. The second-order valence-electron chi connectivity index (χ2n) is 4.11. The van der Waals surface area contributed by atoms with Crippen LogP contribution in [0.3, 0.4) is 0 Å². The Balaban J connectivity index is 2.62. The van der Waals surface area contributed by atoms with Gasteiger partial charge in [-0.25, -0.2) is 8.78 Å². The van der Waals surface area contributed by atoms with Crippen molar-refractivity contribution in [2.45, 2.75) is 32.6 Å². The fourth-order valence-corrected chi connectivity index (χ4v) is 1.57. The van der Waals surface area contributed by atoms with Gasteiger partial charge in [0.25, 0.3) is 0 Å². The van der Waals surface area contributed by atoms with E-state index in [1.165, 1.54) is 13.0 Å². The molecule has 1 N–H and O–H groups in total. The average Bonchev–Trinajstić information content (AvgIpc) is 2.28. The molecule has 0 aliphatic heterocycles. The van der Waals surface area contributed by atoms with E-state index in [0.717, 1.165) is 0 Å². The van der Waals surface area contributed by atoms with Gasteiger partial charge in [-0.2, -0.15) is 0 Å². The lowest BCUT2D eigenvalue weighted by Gasteiger charge is -2.04. The van der Waals surface area contributed by atoms with E-state index in [1.54, 1.807) is 0 Å². The van der Waals surface area contributed by atoms with Crippen LogP contribution in [0.15, 0.2) is 12.1 Å². The minimum Gasteiger partial charge on any atom is -0.481 e. The van der Waals surface area contributed by atoms with Gasteiger partial charge in [-0.05, 0) is 31.4 Å².